The van der Waals surface area contributed by atoms with Crippen LogP contribution in [-0.4, -0.2) is 61.5 Å². The Kier molecular flexibility index (Phi) is 5.85. The molecule has 2 aliphatic rings. The van der Waals surface area contributed by atoms with Gasteiger partial charge in [-0.3, -0.25) is 0 Å². The molecule has 2 fully saturated rings. The number of nitrogens with zero attached hydrogens (tertiary/aromatic N) is 4. The van der Waals surface area contributed by atoms with Crippen molar-refractivity contribution in [1.82, 2.24) is 15.3 Å². The topological polar surface area (TPSA) is 73.8 Å². The molecular formula is C25H31N5O2. The highest BCUT2D eigenvalue weighted by molar-refractivity contribution is 5.95. The fraction of sp³-hybridized carbons (Fsp3) is 0.440. The van der Waals surface area contributed by atoms with E-state index in [0.717, 1.165) is 72.0 Å². The van der Waals surface area contributed by atoms with Gasteiger partial charge in [-0.25, -0.2) is 9.97 Å². The van der Waals surface area contributed by atoms with Gasteiger partial charge in [-0.1, -0.05) is 12.1 Å². The predicted molar refractivity (Wildman–Crippen MR) is 128 cm³/mol. The van der Waals surface area contributed by atoms with Crippen molar-refractivity contribution in [3.05, 3.63) is 48.3 Å². The number of benzene rings is 2. The number of anilines is 3. The van der Waals surface area contributed by atoms with Crippen LogP contribution < -0.4 is 19.9 Å². The molecule has 0 radical (unpaired) electrons. The number of rotatable bonds is 8. The molecule has 0 spiro atoms. The third-order valence-corrected chi connectivity index (χ3v) is 6.47. The molecular weight excluding hydrogens is 402 g/mol. The number of nitrogens with one attached hydrogen (secondary N) is 1. The first-order chi connectivity index (χ1) is 15.7. The summed E-state index contributed by atoms with van der Waals surface area (Å²) in [6, 6.07) is 14.8. The number of aliphatic hydroxyl groups is 1. The van der Waals surface area contributed by atoms with Crippen LogP contribution in [0.1, 0.15) is 31.0 Å². The molecule has 2 aromatic carbocycles. The highest BCUT2D eigenvalue weighted by atomic mass is 16.5. The first kappa shape index (κ1) is 21.0. The van der Waals surface area contributed by atoms with Crippen LogP contribution in [0, 0.1) is 0 Å². The van der Waals surface area contributed by atoms with Gasteiger partial charge in [-0.15, -0.1) is 0 Å². The van der Waals surface area contributed by atoms with Crippen LogP contribution in [0.2, 0.25) is 0 Å². The van der Waals surface area contributed by atoms with Gasteiger partial charge in [0.2, 0.25) is 0 Å². The molecule has 2 N–H and O–H groups in total. The molecule has 3 aromatic rings. The highest BCUT2D eigenvalue weighted by Crippen LogP contribution is 2.43. The van der Waals surface area contributed by atoms with Gasteiger partial charge in [0, 0.05) is 43.2 Å². The second-order valence-electron chi connectivity index (χ2n) is 8.71. The number of para-hydroxylation sites is 2. The molecule has 1 saturated heterocycles. The zero-order valence-electron chi connectivity index (χ0n) is 18.8. The van der Waals surface area contributed by atoms with Crippen LogP contribution in [-0.2, 0) is 0 Å². The first-order valence-electron chi connectivity index (χ1n) is 11.5. The van der Waals surface area contributed by atoms with Crippen LogP contribution in [0.3, 0.4) is 0 Å². The highest BCUT2D eigenvalue weighted by Gasteiger charge is 2.32. The molecule has 5 rings (SSSR count). The van der Waals surface area contributed by atoms with E-state index in [1.165, 1.54) is 0 Å². The summed E-state index contributed by atoms with van der Waals surface area (Å²) < 4.78 is 5.76. The fourth-order valence-electron chi connectivity index (χ4n) is 4.51. The van der Waals surface area contributed by atoms with E-state index in [9.17, 15) is 5.11 Å². The van der Waals surface area contributed by atoms with Gasteiger partial charge in [0.05, 0.1) is 24.9 Å². The zero-order chi connectivity index (χ0) is 22.1. The Labute approximate surface area is 189 Å². The van der Waals surface area contributed by atoms with Gasteiger partial charge in [0.15, 0.2) is 0 Å². The SMILES string of the molecule is COc1ccccc1N(c1nc(C2CC2)nc2ccc(N(C)CCO)cc12)C1CCNC1. The first-order valence-corrected chi connectivity index (χ1v) is 11.5. The second-order valence-corrected chi connectivity index (χ2v) is 8.71. The summed E-state index contributed by atoms with van der Waals surface area (Å²) in [4.78, 5) is 14.5. The Balaban J connectivity index is 1.72. The summed E-state index contributed by atoms with van der Waals surface area (Å²) in [5.74, 6) is 3.17. The third-order valence-electron chi connectivity index (χ3n) is 6.47. The maximum Gasteiger partial charge on any atom is 0.145 e. The minimum absolute atomic E-state index is 0.111. The Morgan fingerprint density at radius 3 is 2.69 bits per heavy atom. The molecule has 0 amide bonds. The van der Waals surface area contributed by atoms with Gasteiger partial charge >= 0.3 is 0 Å². The summed E-state index contributed by atoms with van der Waals surface area (Å²) in [7, 11) is 3.72. The average molecular weight is 434 g/mol. The molecule has 1 aliphatic carbocycles. The monoisotopic (exact) mass is 433 g/mol. The quantitative estimate of drug-likeness (QED) is 0.564. The molecule has 168 valence electrons. The molecule has 7 nitrogen and oxygen atoms in total. The lowest BCUT2D eigenvalue weighted by Gasteiger charge is -2.32. The predicted octanol–water partition coefficient (Wildman–Crippen LogP) is 3.44. The number of fused-ring (bicyclic) bond motifs is 1. The number of hydrogen-bond donors (Lipinski definition) is 2. The number of hydrogen-bond acceptors (Lipinski definition) is 7. The lowest BCUT2D eigenvalue weighted by Crippen LogP contribution is -2.34. The van der Waals surface area contributed by atoms with Crippen LogP contribution in [0.5, 0.6) is 5.75 Å². The van der Waals surface area contributed by atoms with Crippen molar-refractivity contribution in [2.75, 3.05) is 50.2 Å². The van der Waals surface area contributed by atoms with Crippen molar-refractivity contribution < 1.29 is 9.84 Å². The number of likely N-dealkylation sites (N-methyl/N-ethyl adjacent to an activating group) is 1. The third kappa shape index (κ3) is 3.98. The molecule has 1 aromatic heterocycles. The Morgan fingerprint density at radius 1 is 1.12 bits per heavy atom. The van der Waals surface area contributed by atoms with Gasteiger partial charge in [-0.05, 0) is 56.1 Å². The molecule has 1 atom stereocenters. The van der Waals surface area contributed by atoms with E-state index in [1.807, 2.05) is 19.2 Å². The van der Waals surface area contributed by atoms with Crippen molar-refractivity contribution in [2.24, 2.45) is 0 Å². The van der Waals surface area contributed by atoms with Gasteiger partial charge in [0.1, 0.15) is 17.4 Å². The normalized spacial score (nSPS) is 18.2. The number of aliphatic hydroxyl groups excluding tert-OH is 1. The molecule has 1 saturated carbocycles. The van der Waals surface area contributed by atoms with Crippen molar-refractivity contribution in [3.8, 4) is 5.75 Å². The number of ether oxygens (including phenoxy) is 1. The molecule has 1 unspecified atom stereocenters. The smallest absolute Gasteiger partial charge is 0.145 e. The maximum absolute atomic E-state index is 9.41. The summed E-state index contributed by atoms with van der Waals surface area (Å²) >= 11 is 0. The van der Waals surface area contributed by atoms with Crippen LogP contribution >= 0.6 is 0 Å². The summed E-state index contributed by atoms with van der Waals surface area (Å²) in [6.45, 7) is 2.57. The van der Waals surface area contributed by atoms with Crippen LogP contribution in [0.25, 0.3) is 10.9 Å². The van der Waals surface area contributed by atoms with E-state index in [0.29, 0.717) is 12.5 Å². The number of methoxy groups -OCH3 is 1. The van der Waals surface area contributed by atoms with Crippen molar-refractivity contribution in [1.29, 1.82) is 0 Å². The Hall–Kier alpha value is -2.90. The van der Waals surface area contributed by atoms with Crippen LogP contribution in [0.4, 0.5) is 17.2 Å². The van der Waals surface area contributed by atoms with E-state index in [-0.39, 0.29) is 12.6 Å². The van der Waals surface area contributed by atoms with E-state index in [4.69, 9.17) is 14.7 Å². The minimum atomic E-state index is 0.111. The molecule has 32 heavy (non-hydrogen) atoms. The molecule has 0 bridgehead atoms. The molecule has 7 heteroatoms. The van der Waals surface area contributed by atoms with Gasteiger partial charge in [-0.2, -0.15) is 0 Å². The van der Waals surface area contributed by atoms with E-state index < -0.39 is 0 Å². The Morgan fingerprint density at radius 2 is 1.97 bits per heavy atom. The largest absolute Gasteiger partial charge is 0.495 e. The van der Waals surface area contributed by atoms with Gasteiger partial charge in [0.25, 0.3) is 0 Å². The number of aromatic nitrogens is 2. The summed E-state index contributed by atoms with van der Waals surface area (Å²) in [6.07, 6.45) is 3.34. The standard InChI is InChI=1S/C25H31N5O2/c1-29(13-14-31)18-9-10-21-20(15-18)25(28-24(27-21)17-7-8-17)30(19-11-12-26-16-19)22-5-3-4-6-23(22)32-2/h3-6,9-10,15,17,19,26,31H,7-8,11-14,16H2,1-2H3. The molecule has 1 aliphatic heterocycles. The van der Waals surface area contributed by atoms with E-state index >= 15 is 0 Å². The lowest BCUT2D eigenvalue weighted by molar-refractivity contribution is 0.304. The van der Waals surface area contributed by atoms with Crippen LogP contribution in [0.15, 0.2) is 42.5 Å². The summed E-state index contributed by atoms with van der Waals surface area (Å²) in [5, 5.41) is 13.9. The van der Waals surface area contributed by atoms with E-state index in [2.05, 4.69) is 45.4 Å². The Bertz CT molecular complexity index is 1090. The van der Waals surface area contributed by atoms with E-state index in [1.54, 1.807) is 7.11 Å². The average Bonchev–Trinajstić information content (AvgIpc) is 3.54. The fourth-order valence-corrected chi connectivity index (χ4v) is 4.51. The van der Waals surface area contributed by atoms with Crippen molar-refractivity contribution >= 4 is 28.1 Å². The van der Waals surface area contributed by atoms with Crippen molar-refractivity contribution in [3.63, 3.8) is 0 Å². The summed E-state index contributed by atoms with van der Waals surface area (Å²) in [5.41, 5.74) is 3.03. The second kappa shape index (κ2) is 8.92. The minimum Gasteiger partial charge on any atom is -0.495 e. The van der Waals surface area contributed by atoms with Crippen molar-refractivity contribution in [2.45, 2.75) is 31.2 Å². The maximum atomic E-state index is 9.41. The van der Waals surface area contributed by atoms with Gasteiger partial charge < -0.3 is 25.0 Å². The zero-order valence-corrected chi connectivity index (χ0v) is 18.8. The lowest BCUT2D eigenvalue weighted by atomic mass is 10.1. The molecule has 2 heterocycles.